The van der Waals surface area contributed by atoms with Gasteiger partial charge < -0.3 is 0 Å². The second kappa shape index (κ2) is 8.83. The highest BCUT2D eigenvalue weighted by atomic mass is 32.1. The summed E-state index contributed by atoms with van der Waals surface area (Å²) in [5.41, 5.74) is 6.63. The minimum atomic E-state index is -0.00706. The Morgan fingerprint density at radius 3 is 2.69 bits per heavy atom. The van der Waals surface area contributed by atoms with Gasteiger partial charge in [0.15, 0.2) is 5.13 Å². The molecule has 1 amide bonds. The van der Waals surface area contributed by atoms with Crippen molar-refractivity contribution in [3.8, 4) is 0 Å². The lowest BCUT2D eigenvalue weighted by Gasteiger charge is -2.22. The summed E-state index contributed by atoms with van der Waals surface area (Å²) in [5, 5.41) is 0.736. The number of pyridine rings is 1. The van der Waals surface area contributed by atoms with Gasteiger partial charge in [0.2, 0.25) is 0 Å². The van der Waals surface area contributed by atoms with Crippen LogP contribution in [-0.4, -0.2) is 15.9 Å². The van der Waals surface area contributed by atoms with Crippen LogP contribution in [0.3, 0.4) is 0 Å². The lowest BCUT2D eigenvalue weighted by molar-refractivity contribution is 0.0985. The van der Waals surface area contributed by atoms with E-state index in [0.717, 1.165) is 39.3 Å². The molecule has 0 bridgehead atoms. The van der Waals surface area contributed by atoms with Crippen LogP contribution in [0, 0.1) is 0 Å². The molecule has 5 rings (SSSR count). The highest BCUT2D eigenvalue weighted by Gasteiger charge is 2.24. The molecule has 0 aliphatic heterocycles. The van der Waals surface area contributed by atoms with Crippen molar-refractivity contribution in [3.63, 3.8) is 0 Å². The molecule has 1 aliphatic carbocycles. The predicted molar refractivity (Wildman–Crippen MR) is 132 cm³/mol. The Labute approximate surface area is 193 Å². The molecule has 162 valence electrons. The third kappa shape index (κ3) is 4.05. The lowest BCUT2D eigenvalue weighted by Crippen LogP contribution is -2.30. The molecule has 4 nitrogen and oxygen atoms in total. The summed E-state index contributed by atoms with van der Waals surface area (Å²) in [4.78, 5) is 24.8. The second-order valence-electron chi connectivity index (χ2n) is 8.79. The molecule has 0 radical (unpaired) electrons. The van der Waals surface area contributed by atoms with Crippen molar-refractivity contribution in [3.05, 3.63) is 88.7 Å². The molecule has 0 atom stereocenters. The number of aryl methyl sites for hydroxylation is 2. The molecule has 32 heavy (non-hydrogen) atoms. The van der Waals surface area contributed by atoms with Crippen LogP contribution in [-0.2, 0) is 19.4 Å². The number of thiazole rings is 1. The van der Waals surface area contributed by atoms with Crippen molar-refractivity contribution in [1.82, 2.24) is 9.97 Å². The maximum Gasteiger partial charge on any atom is 0.260 e. The Kier molecular flexibility index (Phi) is 5.75. The molecular formula is C27H27N3OS. The van der Waals surface area contributed by atoms with E-state index >= 15 is 0 Å². The van der Waals surface area contributed by atoms with Crippen molar-refractivity contribution in [1.29, 1.82) is 0 Å². The van der Waals surface area contributed by atoms with Crippen LogP contribution < -0.4 is 4.90 Å². The zero-order valence-corrected chi connectivity index (χ0v) is 19.4. The number of benzene rings is 2. The van der Waals surface area contributed by atoms with E-state index < -0.39 is 0 Å². The summed E-state index contributed by atoms with van der Waals surface area (Å²) in [5.74, 6) is 0.365. The Hall–Kier alpha value is -3.05. The molecular weight excluding hydrogens is 414 g/mol. The maximum absolute atomic E-state index is 13.8. The number of hydrogen-bond donors (Lipinski definition) is 0. The molecule has 0 spiro atoms. The Morgan fingerprint density at radius 2 is 1.91 bits per heavy atom. The SMILES string of the molecule is CC(C)c1cccc2sc(N(Cc3cccnc3)C(=O)c3ccc4c(c3)CCCC4)nc12. The fourth-order valence-electron chi connectivity index (χ4n) is 4.46. The molecule has 0 N–H and O–H groups in total. The zero-order chi connectivity index (χ0) is 22.1. The Balaban J connectivity index is 1.57. The van der Waals surface area contributed by atoms with Crippen LogP contribution in [0.2, 0.25) is 0 Å². The number of amides is 1. The van der Waals surface area contributed by atoms with Gasteiger partial charge in [0.25, 0.3) is 5.91 Å². The molecule has 0 saturated heterocycles. The van der Waals surface area contributed by atoms with E-state index in [9.17, 15) is 4.79 Å². The number of carbonyl (C=O) groups excluding carboxylic acids is 1. The fourth-order valence-corrected chi connectivity index (χ4v) is 5.46. The van der Waals surface area contributed by atoms with Crippen molar-refractivity contribution < 1.29 is 4.79 Å². The number of carbonyl (C=O) groups is 1. The number of aromatic nitrogens is 2. The minimum Gasteiger partial charge on any atom is -0.279 e. The molecule has 2 aromatic heterocycles. The summed E-state index contributed by atoms with van der Waals surface area (Å²) in [6, 6.07) is 16.4. The summed E-state index contributed by atoms with van der Waals surface area (Å²) < 4.78 is 1.11. The van der Waals surface area contributed by atoms with E-state index in [2.05, 4.69) is 49.2 Å². The normalized spacial score (nSPS) is 13.3. The van der Waals surface area contributed by atoms with Crippen LogP contribution in [0.25, 0.3) is 10.2 Å². The van der Waals surface area contributed by atoms with Gasteiger partial charge in [-0.2, -0.15) is 0 Å². The van der Waals surface area contributed by atoms with E-state index in [1.807, 2.05) is 29.3 Å². The van der Waals surface area contributed by atoms with Crippen LogP contribution >= 0.6 is 11.3 Å². The van der Waals surface area contributed by atoms with Crippen LogP contribution in [0.15, 0.2) is 60.9 Å². The lowest BCUT2D eigenvalue weighted by atomic mass is 9.90. The van der Waals surface area contributed by atoms with Gasteiger partial charge in [0, 0.05) is 18.0 Å². The van der Waals surface area contributed by atoms with Gasteiger partial charge in [0.05, 0.1) is 16.8 Å². The van der Waals surface area contributed by atoms with Gasteiger partial charge in [-0.15, -0.1) is 0 Å². The third-order valence-electron chi connectivity index (χ3n) is 6.20. The smallest absolute Gasteiger partial charge is 0.260 e. The fraction of sp³-hybridized carbons (Fsp3) is 0.296. The van der Waals surface area contributed by atoms with Gasteiger partial charge in [-0.05, 0) is 78.1 Å². The van der Waals surface area contributed by atoms with Gasteiger partial charge in [0.1, 0.15) is 0 Å². The molecule has 4 aromatic rings. The number of para-hydroxylation sites is 1. The molecule has 0 fully saturated rings. The van der Waals surface area contributed by atoms with Crippen LogP contribution in [0.1, 0.15) is 65.2 Å². The number of nitrogens with zero attached hydrogens (tertiary/aromatic N) is 3. The minimum absolute atomic E-state index is 0.00706. The Bertz CT molecular complexity index is 1260. The van der Waals surface area contributed by atoms with E-state index in [4.69, 9.17) is 4.98 Å². The third-order valence-corrected chi connectivity index (χ3v) is 7.24. The monoisotopic (exact) mass is 441 g/mol. The number of hydrogen-bond acceptors (Lipinski definition) is 4. The van der Waals surface area contributed by atoms with Gasteiger partial charge in [-0.1, -0.05) is 49.4 Å². The average Bonchev–Trinajstić information content (AvgIpc) is 3.26. The topological polar surface area (TPSA) is 46.1 Å². The maximum atomic E-state index is 13.8. The van der Waals surface area contributed by atoms with Crippen molar-refractivity contribution in [2.24, 2.45) is 0 Å². The first kappa shape index (κ1) is 20.8. The van der Waals surface area contributed by atoms with E-state index in [0.29, 0.717) is 12.5 Å². The van der Waals surface area contributed by atoms with Gasteiger partial charge in [-0.25, -0.2) is 4.98 Å². The number of anilines is 1. The van der Waals surface area contributed by atoms with Crippen molar-refractivity contribution in [2.45, 2.75) is 52.0 Å². The second-order valence-corrected chi connectivity index (χ2v) is 9.80. The predicted octanol–water partition coefficient (Wildman–Crippen LogP) is 6.54. The van der Waals surface area contributed by atoms with Gasteiger partial charge >= 0.3 is 0 Å². The Morgan fingerprint density at radius 1 is 1.06 bits per heavy atom. The summed E-state index contributed by atoms with van der Waals surface area (Å²) >= 11 is 1.58. The standard InChI is InChI=1S/C27H27N3OS/c1-18(2)23-10-5-11-24-25(23)29-27(32-24)30(17-19-7-6-14-28-16-19)26(31)22-13-12-20-8-3-4-9-21(20)15-22/h5-7,10-16,18H,3-4,8-9,17H2,1-2H3. The zero-order valence-electron chi connectivity index (χ0n) is 18.5. The molecule has 0 unspecified atom stereocenters. The number of rotatable bonds is 5. The first-order chi connectivity index (χ1) is 15.6. The molecule has 5 heteroatoms. The largest absolute Gasteiger partial charge is 0.279 e. The van der Waals surface area contributed by atoms with Crippen LogP contribution in [0.4, 0.5) is 5.13 Å². The summed E-state index contributed by atoms with van der Waals surface area (Å²) in [6.45, 7) is 4.81. The van der Waals surface area contributed by atoms with E-state index in [-0.39, 0.29) is 5.91 Å². The van der Waals surface area contributed by atoms with E-state index in [1.165, 1.54) is 29.5 Å². The van der Waals surface area contributed by atoms with E-state index in [1.54, 1.807) is 17.5 Å². The van der Waals surface area contributed by atoms with Crippen LogP contribution in [0.5, 0.6) is 0 Å². The molecule has 2 heterocycles. The quantitative estimate of drug-likeness (QED) is 0.353. The highest BCUT2D eigenvalue weighted by Crippen LogP contribution is 2.35. The number of fused-ring (bicyclic) bond motifs is 2. The van der Waals surface area contributed by atoms with Gasteiger partial charge in [-0.3, -0.25) is 14.7 Å². The summed E-state index contributed by atoms with van der Waals surface area (Å²) in [6.07, 6.45) is 8.17. The molecule has 1 aliphatic rings. The first-order valence-corrected chi connectivity index (χ1v) is 12.1. The first-order valence-electron chi connectivity index (χ1n) is 11.3. The van der Waals surface area contributed by atoms with Crippen molar-refractivity contribution in [2.75, 3.05) is 4.90 Å². The molecule has 0 saturated carbocycles. The average molecular weight is 442 g/mol. The molecule has 2 aromatic carbocycles. The highest BCUT2D eigenvalue weighted by molar-refractivity contribution is 7.22. The summed E-state index contributed by atoms with van der Waals surface area (Å²) in [7, 11) is 0. The van der Waals surface area contributed by atoms with Crippen molar-refractivity contribution >= 4 is 32.6 Å².